The van der Waals surface area contributed by atoms with Gasteiger partial charge in [-0.3, -0.25) is 18.6 Å². The molecule has 0 radical (unpaired) electrons. The highest BCUT2D eigenvalue weighted by Gasteiger charge is 2.23. The second kappa shape index (κ2) is 49.4. The molecule has 0 bridgehead atoms. The third kappa shape index (κ3) is 50.0. The number of ether oxygens (including phenoxy) is 1. The van der Waals surface area contributed by atoms with E-state index in [9.17, 15) is 24.2 Å². The summed E-state index contributed by atoms with van der Waals surface area (Å²) in [4.78, 5) is 34.1. The minimum absolute atomic E-state index is 0.0890. The molecule has 0 aliphatic heterocycles. The molecule has 0 heterocycles. The van der Waals surface area contributed by atoms with E-state index in [1.54, 1.807) is 0 Å². The van der Waals surface area contributed by atoms with E-state index in [2.05, 4.69) is 19.2 Å². The van der Waals surface area contributed by atoms with Crippen LogP contribution in [0.5, 0.6) is 0 Å². The van der Waals surface area contributed by atoms with Crippen LogP contribution in [0.2, 0.25) is 0 Å². The van der Waals surface area contributed by atoms with Crippen molar-refractivity contribution >= 4 is 19.7 Å². The third-order valence-electron chi connectivity index (χ3n) is 12.3. The summed E-state index contributed by atoms with van der Waals surface area (Å²) in [5, 5.41) is 12.8. The first kappa shape index (κ1) is 61.0. The molecule has 10 heteroatoms. The van der Waals surface area contributed by atoms with Crippen molar-refractivity contribution in [1.29, 1.82) is 0 Å². The fraction of sp³-hybridized carbons (Fsp3) is 0.962. The lowest BCUT2D eigenvalue weighted by Gasteiger charge is -2.15. The summed E-state index contributed by atoms with van der Waals surface area (Å²) < 4.78 is 27.0. The normalized spacial score (nSPS) is 13.0. The average molecular weight is 902 g/mol. The fourth-order valence-electron chi connectivity index (χ4n) is 8.21. The number of nitrogens with one attached hydrogen (secondary N) is 1. The second-order valence-corrected chi connectivity index (χ2v) is 20.0. The molecule has 0 saturated carbocycles. The highest BCUT2D eigenvalue weighted by atomic mass is 31.2. The van der Waals surface area contributed by atoms with Crippen molar-refractivity contribution in [2.24, 2.45) is 0 Å². The number of esters is 1. The molecule has 2 unspecified atom stereocenters. The summed E-state index contributed by atoms with van der Waals surface area (Å²) in [6.07, 6.45) is 53.4. The lowest BCUT2D eigenvalue weighted by Crippen LogP contribution is -2.27. The maximum absolute atomic E-state index is 12.2. The molecule has 0 aromatic carbocycles. The molecule has 0 saturated heterocycles. The fourth-order valence-corrected chi connectivity index (χ4v) is 8.97. The zero-order chi connectivity index (χ0) is 45.3. The summed E-state index contributed by atoms with van der Waals surface area (Å²) in [5.41, 5.74) is 0. The van der Waals surface area contributed by atoms with Crippen LogP contribution < -0.4 is 5.32 Å². The van der Waals surface area contributed by atoms with Gasteiger partial charge >= 0.3 is 13.8 Å². The van der Waals surface area contributed by atoms with E-state index < -0.39 is 26.5 Å². The summed E-state index contributed by atoms with van der Waals surface area (Å²) in [6.45, 7) is 3.63. The standard InChI is InChI=1S/C52H104NO8P/c1-3-5-7-9-11-13-15-17-19-21-23-24-25-27-28-30-32-34-36-38-40-42-44-51(55)53-46-47-60-62(57,58)61-49-50(54)48-59-52(56)45-43-41-39-37-35-33-31-29-26-22-20-18-16-14-12-10-8-6-4-2/h50,54H,3-49H2,1-2H3,(H,53,55)(H,57,58). The molecule has 9 nitrogen and oxygen atoms in total. The number of phosphoric acid groups is 1. The highest BCUT2D eigenvalue weighted by Crippen LogP contribution is 2.42. The van der Waals surface area contributed by atoms with Gasteiger partial charge < -0.3 is 20.1 Å². The van der Waals surface area contributed by atoms with Gasteiger partial charge in [0.25, 0.3) is 0 Å². The molecule has 3 N–H and O–H groups in total. The summed E-state index contributed by atoms with van der Waals surface area (Å²) in [7, 11) is -4.42. The van der Waals surface area contributed by atoms with Crippen molar-refractivity contribution in [3.05, 3.63) is 0 Å². The quantitative estimate of drug-likeness (QED) is 0.0312. The minimum atomic E-state index is -4.42. The maximum Gasteiger partial charge on any atom is 0.472 e. The summed E-state index contributed by atoms with van der Waals surface area (Å²) in [6, 6.07) is 0. The van der Waals surface area contributed by atoms with E-state index in [1.165, 1.54) is 225 Å². The van der Waals surface area contributed by atoms with Gasteiger partial charge in [-0.1, -0.05) is 264 Å². The lowest BCUT2D eigenvalue weighted by molar-refractivity contribution is -0.147. The Morgan fingerprint density at radius 3 is 1.05 bits per heavy atom. The number of unbranched alkanes of at least 4 members (excludes halogenated alkanes) is 39. The van der Waals surface area contributed by atoms with Crippen LogP contribution in [0.25, 0.3) is 0 Å². The molecular formula is C52H104NO8P. The molecule has 0 aromatic rings. The van der Waals surface area contributed by atoms with E-state index in [0.29, 0.717) is 12.8 Å². The first-order chi connectivity index (χ1) is 30.3. The van der Waals surface area contributed by atoms with Gasteiger partial charge in [-0.15, -0.1) is 0 Å². The van der Waals surface area contributed by atoms with Crippen LogP contribution in [0.4, 0.5) is 0 Å². The SMILES string of the molecule is CCCCCCCCCCCCCCCCCCCCCCCCC(=O)NCCOP(=O)(O)OCC(O)COC(=O)CCCCCCCCCCCCCCCCCCCCC. The molecule has 0 spiro atoms. The van der Waals surface area contributed by atoms with Crippen LogP contribution in [0, 0.1) is 0 Å². The van der Waals surface area contributed by atoms with Gasteiger partial charge in [-0.25, -0.2) is 4.57 Å². The minimum Gasteiger partial charge on any atom is -0.463 e. The zero-order valence-electron chi connectivity index (χ0n) is 41.1. The van der Waals surface area contributed by atoms with Gasteiger partial charge in [0.2, 0.25) is 5.91 Å². The molecular weight excluding hydrogens is 798 g/mol. The van der Waals surface area contributed by atoms with Crippen molar-refractivity contribution in [2.75, 3.05) is 26.4 Å². The van der Waals surface area contributed by atoms with Gasteiger partial charge in [0.1, 0.15) is 12.7 Å². The smallest absolute Gasteiger partial charge is 0.463 e. The lowest BCUT2D eigenvalue weighted by atomic mass is 10.0. The van der Waals surface area contributed by atoms with Crippen molar-refractivity contribution < 1.29 is 37.9 Å². The molecule has 62 heavy (non-hydrogen) atoms. The Hall–Kier alpha value is -0.990. The zero-order valence-corrected chi connectivity index (χ0v) is 42.0. The Kier molecular flexibility index (Phi) is 48.7. The van der Waals surface area contributed by atoms with E-state index >= 15 is 0 Å². The van der Waals surface area contributed by atoms with Crippen molar-refractivity contribution in [3.63, 3.8) is 0 Å². The first-order valence-corrected chi connectivity index (χ1v) is 28.5. The molecule has 0 aliphatic rings. The van der Waals surface area contributed by atoms with E-state index in [0.717, 1.165) is 38.5 Å². The topological polar surface area (TPSA) is 131 Å². The number of hydrogen-bond donors (Lipinski definition) is 3. The molecule has 0 rings (SSSR count). The number of phosphoric ester groups is 1. The molecule has 370 valence electrons. The van der Waals surface area contributed by atoms with Crippen LogP contribution in [-0.4, -0.2) is 54.3 Å². The largest absolute Gasteiger partial charge is 0.472 e. The first-order valence-electron chi connectivity index (χ1n) is 27.0. The Morgan fingerprint density at radius 2 is 0.726 bits per heavy atom. The van der Waals surface area contributed by atoms with Gasteiger partial charge in [0.05, 0.1) is 13.2 Å². The number of rotatable bonds is 52. The maximum atomic E-state index is 12.2. The monoisotopic (exact) mass is 902 g/mol. The van der Waals surface area contributed by atoms with Crippen LogP contribution in [0.1, 0.15) is 290 Å². The molecule has 0 aliphatic carbocycles. The van der Waals surface area contributed by atoms with Crippen molar-refractivity contribution in [2.45, 2.75) is 296 Å². The number of amides is 1. The number of aliphatic hydroxyl groups is 1. The molecule has 1 amide bonds. The second-order valence-electron chi connectivity index (χ2n) is 18.6. The van der Waals surface area contributed by atoms with Crippen molar-refractivity contribution in [1.82, 2.24) is 5.32 Å². The summed E-state index contributed by atoms with van der Waals surface area (Å²) >= 11 is 0. The Bertz CT molecular complexity index is 984. The molecule has 0 aromatic heterocycles. The predicted octanol–water partition coefficient (Wildman–Crippen LogP) is 16.0. The Balaban J connectivity index is 3.48. The van der Waals surface area contributed by atoms with Crippen LogP contribution >= 0.6 is 7.82 Å². The average Bonchev–Trinajstić information content (AvgIpc) is 3.26. The van der Waals surface area contributed by atoms with E-state index in [4.69, 9.17) is 13.8 Å². The van der Waals surface area contributed by atoms with Crippen LogP contribution in [-0.2, 0) is 27.9 Å². The van der Waals surface area contributed by atoms with Crippen molar-refractivity contribution in [3.8, 4) is 0 Å². The van der Waals surface area contributed by atoms with Gasteiger partial charge in [0.15, 0.2) is 0 Å². The molecule has 0 fully saturated rings. The van der Waals surface area contributed by atoms with E-state index in [-0.39, 0.29) is 25.7 Å². The number of carbonyl (C=O) groups excluding carboxylic acids is 2. The number of carbonyl (C=O) groups is 2. The van der Waals surface area contributed by atoms with Crippen LogP contribution in [0.3, 0.4) is 0 Å². The molecule has 2 atom stereocenters. The van der Waals surface area contributed by atoms with Gasteiger partial charge in [0, 0.05) is 19.4 Å². The predicted molar refractivity (Wildman–Crippen MR) is 262 cm³/mol. The number of aliphatic hydroxyl groups excluding tert-OH is 1. The Labute approximate surface area is 384 Å². The van der Waals surface area contributed by atoms with Gasteiger partial charge in [-0.2, -0.15) is 0 Å². The number of hydrogen-bond acceptors (Lipinski definition) is 7. The van der Waals surface area contributed by atoms with Crippen LogP contribution in [0.15, 0.2) is 0 Å². The Morgan fingerprint density at radius 1 is 0.435 bits per heavy atom. The summed E-state index contributed by atoms with van der Waals surface area (Å²) in [5.74, 6) is -0.496. The van der Waals surface area contributed by atoms with Gasteiger partial charge in [-0.05, 0) is 12.8 Å². The third-order valence-corrected chi connectivity index (χ3v) is 13.3. The van der Waals surface area contributed by atoms with E-state index in [1.807, 2.05) is 0 Å². The highest BCUT2D eigenvalue weighted by molar-refractivity contribution is 7.47.